The highest BCUT2D eigenvalue weighted by molar-refractivity contribution is 7.89. The summed E-state index contributed by atoms with van der Waals surface area (Å²) in [5.41, 5.74) is 1.62. The first kappa shape index (κ1) is 22.6. The van der Waals surface area contributed by atoms with Crippen molar-refractivity contribution in [1.82, 2.24) is 4.83 Å². The second-order valence-electron chi connectivity index (χ2n) is 7.08. The topological polar surface area (TPSA) is 88.0 Å². The molecule has 0 aliphatic rings. The van der Waals surface area contributed by atoms with E-state index in [1.165, 1.54) is 6.21 Å². The lowest BCUT2D eigenvalue weighted by Crippen LogP contribution is -2.18. The molecule has 0 unspecified atom stereocenters. The number of nitrogens with zero attached hydrogens (tertiary/aromatic N) is 1. The quantitative estimate of drug-likeness (QED) is 0.278. The Morgan fingerprint density at radius 2 is 1.73 bits per heavy atom. The molecule has 0 spiro atoms. The van der Waals surface area contributed by atoms with E-state index >= 15 is 0 Å². The van der Waals surface area contributed by atoms with Crippen molar-refractivity contribution < 1.29 is 22.7 Å². The first-order chi connectivity index (χ1) is 15.8. The van der Waals surface area contributed by atoms with E-state index in [0.717, 1.165) is 34.5 Å². The van der Waals surface area contributed by atoms with Crippen molar-refractivity contribution >= 4 is 38.6 Å². The van der Waals surface area contributed by atoms with Gasteiger partial charge in [-0.3, -0.25) is 0 Å². The molecule has 9 heteroatoms. The third kappa shape index (κ3) is 5.24. The van der Waals surface area contributed by atoms with Crippen LogP contribution in [0.2, 0.25) is 5.02 Å². The summed E-state index contributed by atoms with van der Waals surface area (Å²) >= 11 is 5.92. The van der Waals surface area contributed by atoms with Gasteiger partial charge in [0, 0.05) is 16.0 Å². The van der Waals surface area contributed by atoms with Crippen LogP contribution >= 0.6 is 11.6 Å². The van der Waals surface area contributed by atoms with Gasteiger partial charge < -0.3 is 9.84 Å². The predicted octanol–water partition coefficient (Wildman–Crippen LogP) is 5.23. The van der Waals surface area contributed by atoms with Gasteiger partial charge in [0.15, 0.2) is 11.6 Å². The Hall–Kier alpha value is -3.62. The van der Waals surface area contributed by atoms with Crippen LogP contribution in [-0.2, 0) is 16.6 Å². The molecule has 4 rings (SSSR count). The van der Waals surface area contributed by atoms with E-state index in [1.54, 1.807) is 24.3 Å². The van der Waals surface area contributed by atoms with Gasteiger partial charge in [0.2, 0.25) is 0 Å². The van der Waals surface area contributed by atoms with Crippen LogP contribution in [0.4, 0.5) is 4.39 Å². The van der Waals surface area contributed by atoms with Crippen LogP contribution in [0.3, 0.4) is 0 Å². The van der Waals surface area contributed by atoms with Crippen LogP contribution in [0.25, 0.3) is 10.8 Å². The van der Waals surface area contributed by atoms with E-state index in [-0.39, 0.29) is 4.90 Å². The summed E-state index contributed by atoms with van der Waals surface area (Å²) < 4.78 is 44.2. The minimum absolute atomic E-state index is 0.356. The fraction of sp³-hybridized carbons (Fsp3) is 0.0417. The fourth-order valence-corrected chi connectivity index (χ4v) is 4.08. The van der Waals surface area contributed by atoms with Gasteiger partial charge in [0.05, 0.1) is 11.1 Å². The summed E-state index contributed by atoms with van der Waals surface area (Å²) in [6, 6.07) is 21.2. The van der Waals surface area contributed by atoms with E-state index in [4.69, 9.17) is 16.3 Å². The Morgan fingerprint density at radius 3 is 2.45 bits per heavy atom. The third-order valence-electron chi connectivity index (χ3n) is 4.83. The molecule has 0 amide bonds. The van der Waals surface area contributed by atoms with Crippen molar-refractivity contribution in [2.75, 3.05) is 0 Å². The number of hydrogen-bond donors (Lipinski definition) is 2. The van der Waals surface area contributed by atoms with Crippen molar-refractivity contribution in [3.05, 3.63) is 101 Å². The molecule has 4 aromatic carbocycles. The van der Waals surface area contributed by atoms with Gasteiger partial charge in [-0.1, -0.05) is 48.0 Å². The second kappa shape index (κ2) is 9.48. The van der Waals surface area contributed by atoms with Crippen LogP contribution in [-0.4, -0.2) is 19.7 Å². The molecule has 33 heavy (non-hydrogen) atoms. The number of benzene rings is 4. The number of hydrazone groups is 1. The number of aromatic hydroxyl groups is 1. The highest BCUT2D eigenvalue weighted by Gasteiger charge is 2.15. The zero-order valence-corrected chi connectivity index (χ0v) is 18.6. The lowest BCUT2D eigenvalue weighted by Gasteiger charge is -2.11. The van der Waals surface area contributed by atoms with Crippen molar-refractivity contribution in [1.29, 1.82) is 0 Å². The van der Waals surface area contributed by atoms with Gasteiger partial charge in [0.25, 0.3) is 10.0 Å². The Morgan fingerprint density at radius 1 is 1.00 bits per heavy atom. The van der Waals surface area contributed by atoms with Gasteiger partial charge >= 0.3 is 0 Å². The number of sulfonamides is 1. The smallest absolute Gasteiger partial charge is 0.276 e. The number of halogens is 2. The SMILES string of the molecule is O=S(=O)(N/N=C/c1ccc(OCc2ccc(Cl)cc2)c2ccccc12)c1ccc(O)c(F)c1. The van der Waals surface area contributed by atoms with Crippen LogP contribution in [0, 0.1) is 5.82 Å². The summed E-state index contributed by atoms with van der Waals surface area (Å²) in [5.74, 6) is -1.01. The summed E-state index contributed by atoms with van der Waals surface area (Å²) in [6.45, 7) is 0.359. The fourth-order valence-electron chi connectivity index (χ4n) is 3.15. The van der Waals surface area contributed by atoms with Crippen LogP contribution in [0.1, 0.15) is 11.1 Å². The number of rotatable bonds is 7. The zero-order chi connectivity index (χ0) is 23.4. The standard InChI is InChI=1S/C24H18ClFN2O4S/c25-18-8-5-16(6-9-18)15-32-24-12-7-17(20-3-1-2-4-21(20)24)14-27-28-33(30,31)19-10-11-23(29)22(26)13-19/h1-14,28-29H,15H2/b27-14+. The number of phenolic OH excluding ortho intramolecular Hbond substituents is 1. The Kier molecular flexibility index (Phi) is 6.48. The molecular weight excluding hydrogens is 467 g/mol. The van der Waals surface area contributed by atoms with E-state index in [0.29, 0.717) is 22.9 Å². The lowest BCUT2D eigenvalue weighted by molar-refractivity contribution is 0.310. The first-order valence-electron chi connectivity index (χ1n) is 9.76. The number of phenols is 1. The maximum absolute atomic E-state index is 13.5. The minimum atomic E-state index is -4.11. The van der Waals surface area contributed by atoms with Gasteiger partial charge in [-0.2, -0.15) is 13.5 Å². The minimum Gasteiger partial charge on any atom is -0.505 e. The van der Waals surface area contributed by atoms with E-state index < -0.39 is 21.6 Å². The summed E-state index contributed by atoms with van der Waals surface area (Å²) in [7, 11) is -4.11. The summed E-state index contributed by atoms with van der Waals surface area (Å²) in [4.78, 5) is 1.70. The molecule has 168 valence electrons. The number of fused-ring (bicyclic) bond motifs is 1. The van der Waals surface area contributed by atoms with Gasteiger partial charge in [-0.15, -0.1) is 0 Å². The van der Waals surface area contributed by atoms with Crippen molar-refractivity contribution in [3.63, 3.8) is 0 Å². The highest BCUT2D eigenvalue weighted by atomic mass is 35.5. The average molecular weight is 485 g/mol. The largest absolute Gasteiger partial charge is 0.505 e. The molecule has 0 fully saturated rings. The van der Waals surface area contributed by atoms with Crippen LogP contribution in [0.5, 0.6) is 11.5 Å². The third-order valence-corrected chi connectivity index (χ3v) is 6.30. The molecule has 0 radical (unpaired) electrons. The van der Waals surface area contributed by atoms with Gasteiger partial charge in [-0.25, -0.2) is 9.22 Å². The van der Waals surface area contributed by atoms with Crippen LogP contribution in [0.15, 0.2) is 88.9 Å². The molecular formula is C24H18ClFN2O4S. The molecule has 0 aromatic heterocycles. The van der Waals surface area contributed by atoms with E-state index in [9.17, 15) is 17.9 Å². The Balaban J connectivity index is 1.54. The molecule has 0 heterocycles. The van der Waals surface area contributed by atoms with Crippen molar-refractivity contribution in [2.45, 2.75) is 11.5 Å². The van der Waals surface area contributed by atoms with E-state index in [1.807, 2.05) is 36.4 Å². The second-order valence-corrected chi connectivity index (χ2v) is 9.18. The maximum Gasteiger partial charge on any atom is 0.276 e. The zero-order valence-electron chi connectivity index (χ0n) is 17.1. The predicted molar refractivity (Wildman–Crippen MR) is 126 cm³/mol. The molecule has 0 saturated carbocycles. The summed E-state index contributed by atoms with van der Waals surface area (Å²) in [5, 5.41) is 15.4. The van der Waals surface area contributed by atoms with E-state index in [2.05, 4.69) is 9.93 Å². The van der Waals surface area contributed by atoms with Crippen LogP contribution < -0.4 is 9.57 Å². The van der Waals surface area contributed by atoms with Gasteiger partial charge in [0.1, 0.15) is 12.4 Å². The van der Waals surface area contributed by atoms with Crippen molar-refractivity contribution in [3.8, 4) is 11.5 Å². The number of ether oxygens (including phenoxy) is 1. The number of hydrogen-bond acceptors (Lipinski definition) is 5. The molecule has 0 aliphatic carbocycles. The number of nitrogens with one attached hydrogen (secondary N) is 1. The highest BCUT2D eigenvalue weighted by Crippen LogP contribution is 2.29. The Labute approximate surface area is 195 Å². The normalized spacial score (nSPS) is 11.7. The molecule has 0 saturated heterocycles. The summed E-state index contributed by atoms with van der Waals surface area (Å²) in [6.07, 6.45) is 1.36. The first-order valence-corrected chi connectivity index (χ1v) is 11.6. The van der Waals surface area contributed by atoms with Crippen molar-refractivity contribution in [2.24, 2.45) is 5.10 Å². The average Bonchev–Trinajstić information content (AvgIpc) is 2.81. The lowest BCUT2D eigenvalue weighted by atomic mass is 10.0. The maximum atomic E-state index is 13.5. The molecule has 0 aliphatic heterocycles. The molecule has 6 nitrogen and oxygen atoms in total. The Bertz CT molecular complexity index is 1440. The van der Waals surface area contributed by atoms with Gasteiger partial charge in [-0.05, 0) is 53.4 Å². The molecule has 0 bridgehead atoms. The molecule has 2 N–H and O–H groups in total. The monoisotopic (exact) mass is 484 g/mol. The molecule has 0 atom stereocenters. The molecule has 4 aromatic rings.